The highest BCUT2D eigenvalue weighted by atomic mass is 79.9. The molecule has 5 rings (SSSR count). The second-order valence-corrected chi connectivity index (χ2v) is 9.41. The average Bonchev–Trinajstić information content (AvgIpc) is 3.36. The van der Waals surface area contributed by atoms with Gasteiger partial charge in [-0.2, -0.15) is 4.98 Å². The van der Waals surface area contributed by atoms with Gasteiger partial charge < -0.3 is 9.84 Å². The molecular weight excluding hydrogens is 466 g/mol. The maximum atomic E-state index is 13.0. The molecule has 1 amide bonds. The normalized spacial score (nSPS) is 26.6. The Labute approximate surface area is 177 Å². The van der Waals surface area contributed by atoms with E-state index in [1.54, 1.807) is 6.20 Å². The summed E-state index contributed by atoms with van der Waals surface area (Å²) < 4.78 is 8.06. The Morgan fingerprint density at radius 3 is 2.93 bits per heavy atom. The first-order valence-corrected chi connectivity index (χ1v) is 10.8. The summed E-state index contributed by atoms with van der Waals surface area (Å²) in [7, 11) is 0. The lowest BCUT2D eigenvalue weighted by molar-refractivity contribution is -0.162. The van der Waals surface area contributed by atoms with Crippen LogP contribution in [0.15, 0.2) is 17.3 Å². The van der Waals surface area contributed by atoms with Crippen LogP contribution in [0.4, 0.5) is 0 Å². The van der Waals surface area contributed by atoms with E-state index < -0.39 is 33.6 Å². The van der Waals surface area contributed by atoms with E-state index in [4.69, 9.17) is 4.74 Å². The number of aryl methyl sites for hydroxylation is 2. The molecule has 3 atom stereocenters. The minimum atomic E-state index is -1.32. The number of carbonyl (C=O) groups excluding carboxylic acids is 2. The Morgan fingerprint density at radius 2 is 2.21 bits per heavy atom. The van der Waals surface area contributed by atoms with Gasteiger partial charge in [0.2, 0.25) is 0 Å². The van der Waals surface area contributed by atoms with Crippen molar-refractivity contribution in [1.82, 2.24) is 24.1 Å². The van der Waals surface area contributed by atoms with Crippen LogP contribution in [0.5, 0.6) is 0 Å². The zero-order valence-corrected chi connectivity index (χ0v) is 17.6. The van der Waals surface area contributed by atoms with E-state index in [9.17, 15) is 19.5 Å². The van der Waals surface area contributed by atoms with Crippen LogP contribution in [0.3, 0.4) is 0 Å². The van der Waals surface area contributed by atoms with Crippen molar-refractivity contribution in [2.45, 2.75) is 48.5 Å². The SMILES string of the molecule is CC(=O)OC(c1cn2c(n1)nc1n2CCCC1)C1(Br)C(=O)N2C(C(=O)O)=CS[C@@H]21. The molecule has 0 radical (unpaired) electrons. The number of imidazole rings is 1. The van der Waals surface area contributed by atoms with Crippen molar-refractivity contribution in [1.29, 1.82) is 0 Å². The van der Waals surface area contributed by atoms with Crippen molar-refractivity contribution in [3.8, 4) is 0 Å². The number of hydrogen-bond donors (Lipinski definition) is 1. The lowest BCUT2D eigenvalue weighted by Crippen LogP contribution is -2.70. The quantitative estimate of drug-likeness (QED) is 0.395. The molecule has 12 heteroatoms. The van der Waals surface area contributed by atoms with Crippen molar-refractivity contribution in [3.63, 3.8) is 0 Å². The van der Waals surface area contributed by atoms with Crippen molar-refractivity contribution >= 4 is 51.3 Å². The number of carboxylic acids is 1. The molecule has 2 aromatic rings. The summed E-state index contributed by atoms with van der Waals surface area (Å²) in [6, 6.07) is 0. The van der Waals surface area contributed by atoms with Gasteiger partial charge in [-0.3, -0.25) is 19.2 Å². The second-order valence-electron chi connectivity index (χ2n) is 7.15. The molecule has 2 unspecified atom stereocenters. The third-order valence-corrected chi connectivity index (χ3v) is 8.05. The molecule has 3 aliphatic rings. The first kappa shape index (κ1) is 18.7. The molecule has 0 aromatic carbocycles. The van der Waals surface area contributed by atoms with E-state index in [0.717, 1.165) is 31.6 Å². The molecule has 3 aliphatic heterocycles. The number of aromatic nitrogens is 4. The molecule has 5 heterocycles. The number of esters is 1. The highest BCUT2D eigenvalue weighted by Gasteiger charge is 2.69. The smallest absolute Gasteiger partial charge is 0.353 e. The third-order valence-electron chi connectivity index (χ3n) is 5.36. The zero-order chi connectivity index (χ0) is 20.5. The largest absolute Gasteiger partial charge is 0.477 e. The molecular formula is C17H16BrN5O5S. The van der Waals surface area contributed by atoms with Gasteiger partial charge in [0.1, 0.15) is 22.6 Å². The van der Waals surface area contributed by atoms with Gasteiger partial charge in [-0.1, -0.05) is 15.9 Å². The van der Waals surface area contributed by atoms with Crippen LogP contribution < -0.4 is 0 Å². The van der Waals surface area contributed by atoms with Crippen molar-refractivity contribution in [3.05, 3.63) is 28.8 Å². The molecule has 1 N–H and O–H groups in total. The van der Waals surface area contributed by atoms with Gasteiger partial charge in [0.15, 0.2) is 10.4 Å². The molecule has 10 nitrogen and oxygen atoms in total. The second kappa shape index (κ2) is 6.33. The predicted molar refractivity (Wildman–Crippen MR) is 104 cm³/mol. The average molecular weight is 482 g/mol. The maximum Gasteiger partial charge on any atom is 0.353 e. The standard InChI is InChI=1S/C17H16BrN5O5S/c1-8(24)28-12(17(18)14(27)23-10(13(25)26)7-29-15(17)23)9-6-22-16(19-9)20-11-4-2-3-5-21(11)22/h6-7,12,15H,2-5H2,1H3,(H,25,26)/t12?,15-,17?/m1/s1. The topological polar surface area (TPSA) is 119 Å². The fourth-order valence-corrected chi connectivity index (χ4v) is 6.32. The lowest BCUT2D eigenvalue weighted by Gasteiger charge is -2.51. The minimum Gasteiger partial charge on any atom is -0.477 e. The van der Waals surface area contributed by atoms with Gasteiger partial charge in [-0.05, 0) is 12.8 Å². The van der Waals surface area contributed by atoms with Crippen molar-refractivity contribution in [2.24, 2.45) is 0 Å². The van der Waals surface area contributed by atoms with E-state index >= 15 is 0 Å². The number of nitrogens with zero attached hydrogens (tertiary/aromatic N) is 5. The molecule has 2 aromatic heterocycles. The van der Waals surface area contributed by atoms with Crippen LogP contribution in [-0.4, -0.2) is 56.7 Å². The van der Waals surface area contributed by atoms with Crippen molar-refractivity contribution < 1.29 is 24.2 Å². The summed E-state index contributed by atoms with van der Waals surface area (Å²) >= 11 is 4.67. The number of fused-ring (bicyclic) bond motifs is 4. The van der Waals surface area contributed by atoms with E-state index in [1.165, 1.54) is 29.0 Å². The Morgan fingerprint density at radius 1 is 1.41 bits per heavy atom. The molecule has 152 valence electrons. The summed E-state index contributed by atoms with van der Waals surface area (Å²) in [4.78, 5) is 46.5. The number of halogens is 1. The van der Waals surface area contributed by atoms with Gasteiger partial charge in [-0.15, -0.1) is 11.8 Å². The van der Waals surface area contributed by atoms with E-state index in [2.05, 4.69) is 25.9 Å². The summed E-state index contributed by atoms with van der Waals surface area (Å²) in [6.45, 7) is 2.08. The Kier molecular flexibility index (Phi) is 4.07. The first-order chi connectivity index (χ1) is 13.8. The van der Waals surface area contributed by atoms with Crippen LogP contribution >= 0.6 is 27.7 Å². The number of carbonyl (C=O) groups is 3. The summed E-state index contributed by atoms with van der Waals surface area (Å²) in [5.74, 6) is -0.792. The summed E-state index contributed by atoms with van der Waals surface area (Å²) in [6.07, 6.45) is 3.70. The fourth-order valence-electron chi connectivity index (χ4n) is 4.04. The number of thioether (sulfide) groups is 1. The molecule has 29 heavy (non-hydrogen) atoms. The fraction of sp³-hybridized carbons (Fsp3) is 0.471. The van der Waals surface area contributed by atoms with Gasteiger partial charge in [0, 0.05) is 25.3 Å². The minimum absolute atomic E-state index is 0.0865. The first-order valence-electron chi connectivity index (χ1n) is 9.05. The van der Waals surface area contributed by atoms with Crippen LogP contribution in [-0.2, 0) is 32.1 Å². The molecule has 0 saturated carbocycles. The lowest BCUT2D eigenvalue weighted by atomic mass is 9.89. The van der Waals surface area contributed by atoms with E-state index in [-0.39, 0.29) is 5.70 Å². The van der Waals surface area contributed by atoms with Crippen molar-refractivity contribution in [2.75, 3.05) is 0 Å². The van der Waals surface area contributed by atoms with Crippen LogP contribution in [0, 0.1) is 0 Å². The number of amides is 1. The van der Waals surface area contributed by atoms with Gasteiger partial charge in [0.25, 0.3) is 11.7 Å². The van der Waals surface area contributed by atoms with Crippen LogP contribution in [0.2, 0.25) is 0 Å². The van der Waals surface area contributed by atoms with Crippen LogP contribution in [0.25, 0.3) is 5.78 Å². The Bertz CT molecular complexity index is 1110. The Balaban J connectivity index is 1.54. The summed E-state index contributed by atoms with van der Waals surface area (Å²) in [5.41, 5.74) is 0.300. The zero-order valence-electron chi connectivity index (χ0n) is 15.2. The number of β-lactam (4-membered cyclic amide) rings is 1. The number of hydrogen-bond acceptors (Lipinski definition) is 7. The number of alkyl halides is 1. The molecule has 1 saturated heterocycles. The number of ether oxygens (including phenoxy) is 1. The van der Waals surface area contributed by atoms with Gasteiger partial charge in [0.05, 0.1) is 6.20 Å². The van der Waals surface area contributed by atoms with Crippen LogP contribution in [0.1, 0.15) is 37.4 Å². The predicted octanol–water partition coefficient (Wildman–Crippen LogP) is 1.45. The molecule has 0 bridgehead atoms. The molecule has 1 fully saturated rings. The molecule has 0 spiro atoms. The summed E-state index contributed by atoms with van der Waals surface area (Å²) in [5, 5.41) is 10.2. The monoisotopic (exact) mass is 481 g/mol. The molecule has 0 aliphatic carbocycles. The van der Waals surface area contributed by atoms with Gasteiger partial charge in [-0.25, -0.2) is 14.3 Å². The number of carboxylic acid groups (broad SMARTS) is 1. The highest BCUT2D eigenvalue weighted by Crippen LogP contribution is 2.57. The maximum absolute atomic E-state index is 13.0. The third kappa shape index (κ3) is 2.51. The highest BCUT2D eigenvalue weighted by molar-refractivity contribution is 9.10. The number of rotatable bonds is 4. The van der Waals surface area contributed by atoms with E-state index in [1.807, 2.05) is 9.20 Å². The van der Waals surface area contributed by atoms with E-state index in [0.29, 0.717) is 11.5 Å². The van der Waals surface area contributed by atoms with Gasteiger partial charge >= 0.3 is 11.9 Å². The Hall–Kier alpha value is -2.34. The number of aliphatic carboxylic acids is 1.